The molecule has 0 aliphatic rings. The Kier molecular flexibility index (Phi) is 3.97. The van der Waals surface area contributed by atoms with Crippen LogP contribution in [0.3, 0.4) is 0 Å². The second-order valence-electron chi connectivity index (χ2n) is 4.80. The van der Waals surface area contributed by atoms with E-state index in [4.69, 9.17) is 11.5 Å². The summed E-state index contributed by atoms with van der Waals surface area (Å²) in [4.78, 5) is 12.6. The number of anilines is 1. The van der Waals surface area contributed by atoms with Gasteiger partial charge in [-0.25, -0.2) is 0 Å². The Labute approximate surface area is 101 Å². The van der Waals surface area contributed by atoms with Crippen molar-refractivity contribution in [3.63, 3.8) is 0 Å². The highest BCUT2D eigenvalue weighted by Gasteiger charge is 2.22. The highest BCUT2D eigenvalue weighted by molar-refractivity contribution is 7.16. The van der Waals surface area contributed by atoms with Crippen molar-refractivity contribution in [1.29, 1.82) is 0 Å². The molecule has 1 amide bonds. The summed E-state index contributed by atoms with van der Waals surface area (Å²) in [7, 11) is 0. The second-order valence-corrected chi connectivity index (χ2v) is 5.88. The van der Waals surface area contributed by atoms with Crippen molar-refractivity contribution in [2.75, 3.05) is 5.73 Å². The molecule has 0 spiro atoms. The van der Waals surface area contributed by atoms with Gasteiger partial charge in [0.15, 0.2) is 0 Å². The van der Waals surface area contributed by atoms with Gasteiger partial charge in [-0.1, -0.05) is 27.7 Å². The molecule has 1 aromatic heterocycles. The molecule has 3 nitrogen and oxygen atoms in total. The number of thiophene rings is 1. The first-order valence-electron chi connectivity index (χ1n) is 5.55. The van der Waals surface area contributed by atoms with Crippen LogP contribution >= 0.6 is 11.3 Å². The minimum Gasteiger partial charge on any atom is -0.390 e. The Morgan fingerprint density at radius 1 is 1.31 bits per heavy atom. The Morgan fingerprint density at radius 2 is 1.88 bits per heavy atom. The third-order valence-corrected chi connectivity index (χ3v) is 3.81. The van der Waals surface area contributed by atoms with Gasteiger partial charge in [-0.05, 0) is 23.8 Å². The Bertz CT molecular complexity index is 394. The summed E-state index contributed by atoms with van der Waals surface area (Å²) in [6.45, 7) is 8.48. The summed E-state index contributed by atoms with van der Waals surface area (Å²) in [5.74, 6) is 0.468. The van der Waals surface area contributed by atoms with Crippen LogP contribution in [0, 0.1) is 5.92 Å². The van der Waals surface area contributed by atoms with Crippen molar-refractivity contribution >= 4 is 22.2 Å². The van der Waals surface area contributed by atoms with E-state index < -0.39 is 5.91 Å². The van der Waals surface area contributed by atoms with Gasteiger partial charge in [0, 0.05) is 4.88 Å². The van der Waals surface area contributed by atoms with Crippen LogP contribution in [0.5, 0.6) is 0 Å². The Balaban J connectivity index is 3.31. The van der Waals surface area contributed by atoms with E-state index in [2.05, 4.69) is 27.7 Å². The zero-order chi connectivity index (χ0) is 12.5. The Morgan fingerprint density at radius 3 is 2.25 bits per heavy atom. The molecule has 0 bridgehead atoms. The van der Waals surface area contributed by atoms with Crippen molar-refractivity contribution in [2.24, 2.45) is 11.7 Å². The third-order valence-electron chi connectivity index (χ3n) is 2.45. The fourth-order valence-electron chi connectivity index (χ4n) is 1.85. The average molecular weight is 240 g/mol. The fourth-order valence-corrected chi connectivity index (χ4v) is 2.96. The smallest absolute Gasteiger partial charge is 0.251 e. The molecule has 0 unspecified atom stereocenters. The number of rotatable bonds is 4. The molecular formula is C12H20N2OS. The fraction of sp³-hybridized carbons (Fsp3) is 0.583. The molecule has 4 heteroatoms. The summed E-state index contributed by atoms with van der Waals surface area (Å²) >= 11 is 1.50. The largest absolute Gasteiger partial charge is 0.390 e. The number of carbonyl (C=O) groups is 1. The van der Waals surface area contributed by atoms with E-state index in [1.165, 1.54) is 16.2 Å². The van der Waals surface area contributed by atoms with E-state index in [1.807, 2.05) is 0 Å². The predicted octanol–water partition coefficient (Wildman–Crippen LogP) is 2.75. The number of hydrogen-bond donors (Lipinski definition) is 2. The summed E-state index contributed by atoms with van der Waals surface area (Å²) < 4.78 is 0. The van der Waals surface area contributed by atoms with Gasteiger partial charge in [-0.3, -0.25) is 4.79 Å². The van der Waals surface area contributed by atoms with Gasteiger partial charge in [0.1, 0.15) is 0 Å². The number of primary amides is 1. The normalized spacial score (nSPS) is 11.4. The molecule has 0 radical (unpaired) electrons. The lowest BCUT2D eigenvalue weighted by Gasteiger charge is -2.10. The van der Waals surface area contributed by atoms with Crippen molar-refractivity contribution in [3.05, 3.63) is 16.0 Å². The number of nitrogens with two attached hydrogens (primary N) is 2. The van der Waals surface area contributed by atoms with Gasteiger partial charge in [-0.15, -0.1) is 11.3 Å². The van der Waals surface area contributed by atoms with Crippen LogP contribution in [0.15, 0.2) is 0 Å². The monoisotopic (exact) mass is 240 g/mol. The summed E-state index contributed by atoms with van der Waals surface area (Å²) in [6.07, 6.45) is 0.861. The molecular weight excluding hydrogens is 220 g/mol. The van der Waals surface area contributed by atoms with E-state index in [0.717, 1.165) is 12.0 Å². The SMILES string of the molecule is CC(C)Cc1c(C(C)C)sc(N)c1C(N)=O. The Hall–Kier alpha value is -1.03. The quantitative estimate of drug-likeness (QED) is 0.849. The third kappa shape index (κ3) is 2.55. The second kappa shape index (κ2) is 4.87. The van der Waals surface area contributed by atoms with Gasteiger partial charge < -0.3 is 11.5 Å². The molecule has 1 heterocycles. The zero-order valence-electron chi connectivity index (χ0n) is 10.3. The zero-order valence-corrected chi connectivity index (χ0v) is 11.1. The van der Waals surface area contributed by atoms with Crippen molar-refractivity contribution < 1.29 is 4.79 Å². The van der Waals surface area contributed by atoms with Gasteiger partial charge in [0.25, 0.3) is 5.91 Å². The van der Waals surface area contributed by atoms with Crippen molar-refractivity contribution in [2.45, 2.75) is 40.0 Å². The first kappa shape index (κ1) is 13.0. The highest BCUT2D eigenvalue weighted by atomic mass is 32.1. The minimum absolute atomic E-state index is 0.383. The lowest BCUT2D eigenvalue weighted by Crippen LogP contribution is -2.15. The predicted molar refractivity (Wildman–Crippen MR) is 69.9 cm³/mol. The summed E-state index contributed by atoms with van der Waals surface area (Å²) in [5.41, 5.74) is 12.9. The van der Waals surface area contributed by atoms with E-state index in [9.17, 15) is 4.79 Å². The van der Waals surface area contributed by atoms with Crippen LogP contribution in [0.2, 0.25) is 0 Å². The lowest BCUT2D eigenvalue weighted by atomic mass is 9.95. The van der Waals surface area contributed by atoms with Gasteiger partial charge in [-0.2, -0.15) is 0 Å². The maximum absolute atomic E-state index is 11.4. The standard InChI is InChI=1S/C12H20N2OS/c1-6(2)5-8-9(11(13)15)12(14)16-10(8)7(3)4/h6-7H,5,14H2,1-4H3,(H2,13,15). The summed E-state index contributed by atoms with van der Waals surface area (Å²) in [6, 6.07) is 0. The number of carbonyl (C=O) groups excluding carboxylic acids is 1. The number of amides is 1. The van der Waals surface area contributed by atoms with Gasteiger partial charge in [0.2, 0.25) is 0 Å². The number of nitrogen functional groups attached to an aromatic ring is 1. The minimum atomic E-state index is -0.406. The molecule has 0 aliphatic heterocycles. The topological polar surface area (TPSA) is 69.1 Å². The van der Waals surface area contributed by atoms with Gasteiger partial charge >= 0.3 is 0 Å². The lowest BCUT2D eigenvalue weighted by molar-refractivity contribution is 0.100. The van der Waals surface area contributed by atoms with Crippen molar-refractivity contribution in [1.82, 2.24) is 0 Å². The van der Waals surface area contributed by atoms with Crippen LogP contribution in [0.1, 0.15) is 54.4 Å². The van der Waals surface area contributed by atoms with E-state index in [-0.39, 0.29) is 0 Å². The van der Waals surface area contributed by atoms with E-state index >= 15 is 0 Å². The van der Waals surface area contributed by atoms with Crippen molar-refractivity contribution in [3.8, 4) is 0 Å². The number of hydrogen-bond acceptors (Lipinski definition) is 3. The van der Waals surface area contributed by atoms with Gasteiger partial charge in [0.05, 0.1) is 10.6 Å². The summed E-state index contributed by atoms with van der Waals surface area (Å²) in [5, 5.41) is 0.562. The molecule has 0 fully saturated rings. The van der Waals surface area contributed by atoms with Crippen LogP contribution in [-0.2, 0) is 6.42 Å². The molecule has 0 saturated heterocycles. The van der Waals surface area contributed by atoms with Crippen LogP contribution < -0.4 is 11.5 Å². The molecule has 0 atom stereocenters. The molecule has 90 valence electrons. The molecule has 0 aliphatic carbocycles. The molecule has 0 saturated carbocycles. The van der Waals surface area contributed by atoms with Crippen LogP contribution in [-0.4, -0.2) is 5.91 Å². The van der Waals surface area contributed by atoms with E-state index in [1.54, 1.807) is 0 Å². The molecule has 16 heavy (non-hydrogen) atoms. The molecule has 0 aromatic carbocycles. The molecule has 1 aromatic rings. The maximum Gasteiger partial charge on any atom is 0.251 e. The van der Waals surface area contributed by atoms with E-state index in [0.29, 0.717) is 22.4 Å². The average Bonchev–Trinajstić information content (AvgIpc) is 2.41. The van der Waals surface area contributed by atoms with Crippen LogP contribution in [0.25, 0.3) is 0 Å². The molecule has 4 N–H and O–H groups in total. The first-order valence-corrected chi connectivity index (χ1v) is 6.37. The highest BCUT2D eigenvalue weighted by Crippen LogP contribution is 2.37. The maximum atomic E-state index is 11.4. The first-order chi connectivity index (χ1) is 7.34. The molecule has 1 rings (SSSR count). The van der Waals surface area contributed by atoms with Crippen LogP contribution in [0.4, 0.5) is 5.00 Å².